The van der Waals surface area contributed by atoms with Gasteiger partial charge in [-0.05, 0) is 462 Å². The smallest absolute Gasteiger partial charge is 0.335 e. The number of carbonyl (C=O) groups excluding carboxylic acids is 8. The molecule has 16 atom stereocenters. The van der Waals surface area contributed by atoms with Crippen LogP contribution in [0.2, 0.25) is 0 Å². The van der Waals surface area contributed by atoms with Gasteiger partial charge < -0.3 is 61.6 Å². The van der Waals surface area contributed by atoms with Gasteiger partial charge in [-0.3, -0.25) is 4.79 Å². The Kier molecular flexibility index (Phi) is 32.2. The molecule has 0 heterocycles. The van der Waals surface area contributed by atoms with Gasteiger partial charge in [0.15, 0.2) is 0 Å². The van der Waals surface area contributed by atoms with E-state index in [0.717, 1.165) is 183 Å². The van der Waals surface area contributed by atoms with Crippen LogP contribution in [0.25, 0.3) is 0 Å². The first-order chi connectivity index (χ1) is 62.3. The molecule has 0 spiro atoms. The topological polar surface area (TPSA) is 257 Å². The van der Waals surface area contributed by atoms with Crippen molar-refractivity contribution in [3.05, 3.63) is 86.1 Å². The Labute approximate surface area is 782 Å². The third-order valence-electron chi connectivity index (χ3n) is 35.8. The molecule has 728 valence electrons. The van der Waals surface area contributed by atoms with Crippen LogP contribution in [0.5, 0.6) is 0 Å². The lowest BCUT2D eigenvalue weighted by Gasteiger charge is -2.56. The van der Waals surface area contributed by atoms with E-state index in [9.17, 15) is 38.4 Å². The fourth-order valence-electron chi connectivity index (χ4n) is 32.9. The van der Waals surface area contributed by atoms with E-state index in [1.165, 1.54) is 186 Å². The van der Waals surface area contributed by atoms with Crippen molar-refractivity contribution in [2.24, 2.45) is 153 Å². The lowest BCUT2D eigenvalue weighted by Crippen LogP contribution is -2.53. The zero-order valence-corrected chi connectivity index (χ0v) is 81.5. The number of rotatable bonds is 29. The van der Waals surface area contributed by atoms with Crippen LogP contribution in [0.15, 0.2) is 86.1 Å². The molecule has 0 N–H and O–H groups in total. The Hall–Kier alpha value is -6.10. The van der Waals surface area contributed by atoms with Crippen molar-refractivity contribution in [2.75, 3.05) is 6.61 Å². The van der Waals surface area contributed by atoms with Gasteiger partial charge in [0, 0.05) is 51.9 Å². The van der Waals surface area contributed by atoms with E-state index >= 15 is 0 Å². The molecule has 26 fully saturated rings. The van der Waals surface area contributed by atoms with Gasteiger partial charge >= 0.3 is 41.8 Å². The van der Waals surface area contributed by atoms with Gasteiger partial charge in [-0.1, -0.05) is 46.1 Å². The first kappa shape index (κ1) is 99.4. The number of ether oxygens (including phenoxy) is 13. The predicted molar refractivity (Wildman–Crippen MR) is 496 cm³/mol. The van der Waals surface area contributed by atoms with Crippen LogP contribution in [0.3, 0.4) is 0 Å². The average molecular weight is 1820 g/mol. The van der Waals surface area contributed by atoms with Crippen molar-refractivity contribution < 1.29 is 99.9 Å². The van der Waals surface area contributed by atoms with Crippen LogP contribution in [-0.2, 0) is 99.9 Å². The van der Waals surface area contributed by atoms with E-state index in [1.54, 1.807) is 41.5 Å². The van der Waals surface area contributed by atoms with Crippen LogP contribution < -0.4 is 0 Å². The van der Waals surface area contributed by atoms with E-state index in [4.69, 9.17) is 61.6 Å². The van der Waals surface area contributed by atoms with Gasteiger partial charge in [0.1, 0.15) is 5.78 Å². The highest BCUT2D eigenvalue weighted by Crippen LogP contribution is 2.69. The minimum atomic E-state index is -0.458. The largest absolute Gasteiger partial charge is 0.462 e. The fraction of sp³-hybridized carbons (Fsp3) is 0.800. The molecule has 26 aliphatic rings. The van der Waals surface area contributed by atoms with Gasteiger partial charge in [-0.25, -0.2) is 33.6 Å². The average Bonchev–Trinajstić information content (AvgIpc) is 1.55. The van der Waals surface area contributed by atoms with Gasteiger partial charge in [-0.2, -0.15) is 0 Å². The van der Waals surface area contributed by atoms with Crippen molar-refractivity contribution in [1.29, 1.82) is 0 Å². The summed E-state index contributed by atoms with van der Waals surface area (Å²) in [5, 5.41) is 0. The number of ketones is 1. The molecule has 21 heteroatoms. The predicted octanol–water partition coefficient (Wildman–Crippen LogP) is 22.2. The first-order valence-corrected chi connectivity index (χ1v) is 51.8. The molecular weight excluding hydrogens is 1660 g/mol. The van der Waals surface area contributed by atoms with E-state index in [-0.39, 0.29) is 53.1 Å². The summed E-state index contributed by atoms with van der Waals surface area (Å²) < 4.78 is 72.6. The summed E-state index contributed by atoms with van der Waals surface area (Å²) in [6, 6.07) is 0. The Morgan fingerprint density at radius 2 is 0.611 bits per heavy atom. The van der Waals surface area contributed by atoms with Gasteiger partial charge in [-0.15, -0.1) is 0 Å². The van der Waals surface area contributed by atoms with Crippen molar-refractivity contribution in [3.63, 3.8) is 0 Å². The number of hydrogen-bond donors (Lipinski definition) is 0. The highest BCUT2D eigenvalue weighted by Gasteiger charge is 2.64. The van der Waals surface area contributed by atoms with Gasteiger partial charge in [0.2, 0.25) is 37.7 Å². The molecule has 26 aliphatic carbocycles. The molecule has 0 aromatic heterocycles. The third kappa shape index (κ3) is 24.4. The number of esters is 7. The molecule has 0 radical (unpaired) electrons. The SMILES string of the molecule is C=C(C)C(=O)OC(C)OC12CC3CC(CC(C3)C1)C2.C=C(C)C(=O)OC(C)OC1C2CC3CC(C2)CC1C3.C=C(C)C(=O)OC(C)OC1CC2CC1C1C3CCC(C3)C21.C=C(C)C(=O)OC(C)OC1CC2CCC1C2.C=C(C)C(=O)OCCC(=O)C12CC3CC(CC(C3)C1)C2.C=CC(=O)OC(C)OC12CC3CC(CC(C3)C1)C2.C=CC(=O)OC(C)OC1C2CC3CC(C2)CC1C3. The third-order valence-corrected chi connectivity index (χ3v) is 35.8. The Morgan fingerprint density at radius 1 is 0.298 bits per heavy atom. The lowest BCUT2D eigenvalue weighted by molar-refractivity contribution is -0.244. The summed E-state index contributed by atoms with van der Waals surface area (Å²) in [4.78, 5) is 92.2. The standard InChI is InChI=1S/C18H26O3.C17H24O3.2C16H24O3.2C15H22O3.C13H20O3/c1-9(2)18(19)21-10(3)20-15-8-13-7-14(15)17-12-5-4-11(6-12)16(13)17;1-11(2)16(19)20-4-3-15(18)17-8-12-5-13(9-17)7-14(6-12)10-17;1-10(2)15(17)18-11(3)19-16-7-12-4-13(8-16)6-14(5-12)9-16;1-9(2)16(17)19-10(3)18-15-13-5-11-4-12(7-13)8-14(15)6-11;1-3-14(16)17-10(2)18-15-7-11-4-12(8-15)6-13(5-11)9-15;1-3-14(16)17-9(2)18-15-12-5-10-4-11(7-12)8-13(15)6-10;1-8(2)13(14)16-9(3)15-12-7-10-4-5-11(12)6-10/h10-17H,1,4-8H2,2-3H3;12-14H,1,3-10H2,2H3;11-14H,1,4-9H2,2-3H3;10-15H,1,4-8H2,2-3H3;3,10-13H,1,4-9H2,2H3;3,9-13,15H,1,4-8H2,2H3;9-12H,1,4-7H2,2-3H3. The highest BCUT2D eigenvalue weighted by molar-refractivity contribution is 5.89. The monoisotopic (exact) mass is 1820 g/mol. The second-order valence-electron chi connectivity index (χ2n) is 46.6. The second-order valence-corrected chi connectivity index (χ2v) is 46.6. The molecule has 26 bridgehead atoms. The normalized spacial score (nSPS) is 41.1. The fourth-order valence-corrected chi connectivity index (χ4v) is 32.9. The van der Waals surface area contributed by atoms with Crippen LogP contribution >= 0.6 is 0 Å². The molecule has 16 unspecified atom stereocenters. The van der Waals surface area contributed by atoms with Crippen LogP contribution in [0.1, 0.15) is 320 Å². The van der Waals surface area contributed by atoms with Crippen LogP contribution in [-0.4, -0.2) is 128 Å². The molecule has 0 aromatic rings. The van der Waals surface area contributed by atoms with E-state index in [2.05, 4.69) is 46.1 Å². The minimum absolute atomic E-state index is 0.00435. The molecule has 131 heavy (non-hydrogen) atoms. The highest BCUT2D eigenvalue weighted by atomic mass is 16.7. The van der Waals surface area contributed by atoms with E-state index < -0.39 is 49.7 Å². The maximum atomic E-state index is 12.6. The molecule has 26 rings (SSSR count). The summed E-state index contributed by atoms with van der Waals surface area (Å²) in [5.74, 6) is 18.8. The number of fused-ring (bicyclic) bond motifs is 11. The van der Waals surface area contributed by atoms with Crippen molar-refractivity contribution >= 4 is 47.6 Å². The molecule has 0 amide bonds. The lowest BCUT2D eigenvalue weighted by atomic mass is 9.48. The summed E-state index contributed by atoms with van der Waals surface area (Å²) in [7, 11) is 0. The quantitative estimate of drug-likeness (QED) is 0.0222. The number of hydrogen-bond acceptors (Lipinski definition) is 21. The molecule has 26 saturated carbocycles. The Balaban J connectivity index is 0.000000117. The van der Waals surface area contributed by atoms with E-state index in [1.807, 2.05) is 34.6 Å². The van der Waals surface area contributed by atoms with Crippen molar-refractivity contribution in [2.45, 2.75) is 394 Å². The minimum Gasteiger partial charge on any atom is -0.462 e. The van der Waals surface area contributed by atoms with Crippen LogP contribution in [0.4, 0.5) is 0 Å². The zero-order valence-electron chi connectivity index (χ0n) is 81.5. The summed E-state index contributed by atoms with van der Waals surface area (Å²) in [6.45, 7) is 44.1. The molecule has 0 aliphatic heterocycles. The summed E-state index contributed by atoms with van der Waals surface area (Å²) in [6.07, 6.45) is 49.4. The summed E-state index contributed by atoms with van der Waals surface area (Å²) in [5.41, 5.74) is 2.03. The second kappa shape index (κ2) is 42.5. The van der Waals surface area contributed by atoms with Gasteiger partial charge in [0.25, 0.3) is 0 Å². The Morgan fingerprint density at radius 3 is 0.969 bits per heavy atom. The van der Waals surface area contributed by atoms with Crippen molar-refractivity contribution in [1.82, 2.24) is 0 Å². The maximum Gasteiger partial charge on any atom is 0.335 e. The van der Waals surface area contributed by atoms with Crippen LogP contribution in [0, 0.1) is 153 Å². The zero-order chi connectivity index (χ0) is 93.4. The van der Waals surface area contributed by atoms with Crippen molar-refractivity contribution in [3.8, 4) is 0 Å². The summed E-state index contributed by atoms with van der Waals surface area (Å²) >= 11 is 0. The Bertz CT molecular complexity index is 4000. The van der Waals surface area contributed by atoms with E-state index in [0.29, 0.717) is 94.1 Å². The maximum absolute atomic E-state index is 12.6. The van der Waals surface area contributed by atoms with Gasteiger partial charge in [0.05, 0.1) is 42.2 Å². The molecule has 0 aromatic carbocycles. The number of carbonyl (C=O) groups is 8. The first-order valence-electron chi connectivity index (χ1n) is 51.8. The molecule has 0 saturated heterocycles. The molecular formula is C110H162O21. The molecule has 21 nitrogen and oxygen atoms in total. The number of Topliss-reactive ketones (excluding diaryl/α,β-unsaturated/α-hetero) is 1.